The van der Waals surface area contributed by atoms with E-state index in [1.807, 2.05) is 31.2 Å². The molecule has 1 aliphatic rings. The molecule has 2 aromatic rings. The normalized spacial score (nSPS) is 14.7. The second-order valence-corrected chi connectivity index (χ2v) is 7.92. The number of pyridine rings is 1. The van der Waals surface area contributed by atoms with Gasteiger partial charge in [0.25, 0.3) is 5.91 Å². The van der Waals surface area contributed by atoms with Crippen molar-refractivity contribution in [1.29, 1.82) is 0 Å². The van der Waals surface area contributed by atoms with Crippen molar-refractivity contribution in [2.75, 3.05) is 13.2 Å². The lowest BCUT2D eigenvalue weighted by Gasteiger charge is -2.21. The van der Waals surface area contributed by atoms with E-state index in [4.69, 9.17) is 9.72 Å². The van der Waals surface area contributed by atoms with Gasteiger partial charge in [0.05, 0.1) is 11.1 Å². The van der Waals surface area contributed by atoms with Crippen molar-refractivity contribution in [1.82, 2.24) is 10.3 Å². The standard InChI is InChI=1S/C24H32N2O3/c1-3-10-20-18(4-2)23(19-13-8-9-14-21(19)26-20)24(28)29-16-22(27)25-15-17-11-6-5-7-12-17/h8-9,13-14,17H,3-7,10-12,15-16H2,1-2H3,(H,25,27). The number of benzene rings is 1. The monoisotopic (exact) mass is 396 g/mol. The number of aryl methyl sites for hydroxylation is 1. The van der Waals surface area contributed by atoms with Gasteiger partial charge in [0, 0.05) is 17.6 Å². The Labute approximate surface area is 173 Å². The van der Waals surface area contributed by atoms with Crippen molar-refractivity contribution < 1.29 is 14.3 Å². The van der Waals surface area contributed by atoms with Crippen LogP contribution in [0.15, 0.2) is 24.3 Å². The van der Waals surface area contributed by atoms with Gasteiger partial charge in [0.15, 0.2) is 6.61 Å². The summed E-state index contributed by atoms with van der Waals surface area (Å²) in [6.07, 6.45) is 8.58. The van der Waals surface area contributed by atoms with Crippen molar-refractivity contribution in [3.63, 3.8) is 0 Å². The minimum absolute atomic E-state index is 0.228. The van der Waals surface area contributed by atoms with Crippen LogP contribution in [0, 0.1) is 5.92 Å². The Morgan fingerprint density at radius 3 is 2.62 bits per heavy atom. The molecule has 29 heavy (non-hydrogen) atoms. The highest BCUT2D eigenvalue weighted by molar-refractivity contribution is 6.05. The van der Waals surface area contributed by atoms with E-state index in [-0.39, 0.29) is 12.5 Å². The number of carbonyl (C=O) groups excluding carboxylic acids is 2. The third-order valence-corrected chi connectivity index (χ3v) is 5.77. The Morgan fingerprint density at radius 2 is 1.90 bits per heavy atom. The number of aromatic nitrogens is 1. The highest BCUT2D eigenvalue weighted by atomic mass is 16.5. The van der Waals surface area contributed by atoms with Gasteiger partial charge in [0.2, 0.25) is 0 Å². The zero-order valence-electron chi connectivity index (χ0n) is 17.6. The number of nitrogens with one attached hydrogen (secondary N) is 1. The summed E-state index contributed by atoms with van der Waals surface area (Å²) in [4.78, 5) is 30.0. The Hall–Kier alpha value is -2.43. The maximum absolute atomic E-state index is 13.0. The molecule has 5 heteroatoms. The number of para-hydroxylation sites is 1. The summed E-state index contributed by atoms with van der Waals surface area (Å²) in [5.41, 5.74) is 3.23. The molecule has 1 N–H and O–H groups in total. The molecule has 0 bridgehead atoms. The van der Waals surface area contributed by atoms with E-state index < -0.39 is 5.97 Å². The molecular weight excluding hydrogens is 364 g/mol. The first kappa shape index (κ1) is 21.3. The SMILES string of the molecule is CCCc1nc2ccccc2c(C(=O)OCC(=O)NCC2CCCCC2)c1CC. The van der Waals surface area contributed by atoms with Gasteiger partial charge in [-0.2, -0.15) is 0 Å². The highest BCUT2D eigenvalue weighted by Gasteiger charge is 2.21. The topological polar surface area (TPSA) is 68.3 Å². The molecular formula is C24H32N2O3. The Bertz CT molecular complexity index is 857. The van der Waals surface area contributed by atoms with Crippen LogP contribution in [0.3, 0.4) is 0 Å². The van der Waals surface area contributed by atoms with E-state index in [2.05, 4.69) is 12.2 Å². The average molecular weight is 397 g/mol. The molecule has 1 amide bonds. The molecule has 3 rings (SSSR count). The van der Waals surface area contributed by atoms with Crippen LogP contribution in [0.2, 0.25) is 0 Å². The van der Waals surface area contributed by atoms with E-state index in [9.17, 15) is 9.59 Å². The van der Waals surface area contributed by atoms with Gasteiger partial charge in [0.1, 0.15) is 0 Å². The lowest BCUT2D eigenvalue weighted by atomic mass is 9.89. The molecule has 0 atom stereocenters. The number of rotatable bonds is 8. The fourth-order valence-corrected chi connectivity index (χ4v) is 4.26. The lowest BCUT2D eigenvalue weighted by molar-refractivity contribution is -0.124. The maximum Gasteiger partial charge on any atom is 0.339 e. The summed E-state index contributed by atoms with van der Waals surface area (Å²) in [7, 11) is 0. The van der Waals surface area contributed by atoms with E-state index in [1.54, 1.807) is 0 Å². The summed E-state index contributed by atoms with van der Waals surface area (Å²) in [5, 5.41) is 3.72. The summed E-state index contributed by atoms with van der Waals surface area (Å²) in [6.45, 7) is 4.56. The first-order chi connectivity index (χ1) is 14.1. The molecule has 0 radical (unpaired) electrons. The summed E-state index contributed by atoms with van der Waals surface area (Å²) >= 11 is 0. The smallest absolute Gasteiger partial charge is 0.339 e. The van der Waals surface area contributed by atoms with Crippen LogP contribution in [-0.2, 0) is 22.4 Å². The lowest BCUT2D eigenvalue weighted by Crippen LogP contribution is -2.33. The maximum atomic E-state index is 13.0. The first-order valence-corrected chi connectivity index (χ1v) is 11.0. The van der Waals surface area contributed by atoms with Crippen molar-refractivity contribution in [3.05, 3.63) is 41.1 Å². The van der Waals surface area contributed by atoms with Gasteiger partial charge < -0.3 is 10.1 Å². The number of hydrogen-bond acceptors (Lipinski definition) is 4. The Morgan fingerprint density at radius 1 is 1.14 bits per heavy atom. The van der Waals surface area contributed by atoms with Crippen molar-refractivity contribution in [3.8, 4) is 0 Å². The molecule has 1 aromatic carbocycles. The molecule has 1 heterocycles. The highest BCUT2D eigenvalue weighted by Crippen LogP contribution is 2.26. The number of fused-ring (bicyclic) bond motifs is 1. The van der Waals surface area contributed by atoms with Crippen LogP contribution < -0.4 is 5.32 Å². The van der Waals surface area contributed by atoms with Gasteiger partial charge in [-0.25, -0.2) is 4.79 Å². The molecule has 0 aliphatic heterocycles. The van der Waals surface area contributed by atoms with Gasteiger partial charge in [-0.1, -0.05) is 57.7 Å². The van der Waals surface area contributed by atoms with Crippen molar-refractivity contribution in [2.24, 2.45) is 5.92 Å². The molecule has 0 unspecified atom stereocenters. The molecule has 1 saturated carbocycles. The second kappa shape index (κ2) is 10.4. The summed E-state index contributed by atoms with van der Waals surface area (Å²) in [5.74, 6) is -0.115. The average Bonchev–Trinajstić information content (AvgIpc) is 2.76. The number of carbonyl (C=O) groups is 2. The molecule has 5 nitrogen and oxygen atoms in total. The molecule has 0 spiro atoms. The molecule has 1 aliphatic carbocycles. The second-order valence-electron chi connectivity index (χ2n) is 7.92. The van der Waals surface area contributed by atoms with E-state index in [0.29, 0.717) is 24.4 Å². The Kier molecular flexibility index (Phi) is 7.62. The quantitative estimate of drug-likeness (QED) is 0.662. The molecule has 0 saturated heterocycles. The van der Waals surface area contributed by atoms with Crippen LogP contribution in [0.4, 0.5) is 0 Å². The third kappa shape index (κ3) is 5.34. The van der Waals surface area contributed by atoms with Crippen LogP contribution in [0.5, 0.6) is 0 Å². The zero-order chi connectivity index (χ0) is 20.6. The van der Waals surface area contributed by atoms with Crippen LogP contribution in [0.1, 0.15) is 74.0 Å². The first-order valence-electron chi connectivity index (χ1n) is 11.0. The van der Waals surface area contributed by atoms with Gasteiger partial charge >= 0.3 is 5.97 Å². The Balaban J connectivity index is 1.71. The van der Waals surface area contributed by atoms with E-state index >= 15 is 0 Å². The predicted octanol–water partition coefficient (Wildman–Crippen LogP) is 4.60. The number of amides is 1. The summed E-state index contributed by atoms with van der Waals surface area (Å²) in [6, 6.07) is 7.64. The number of ether oxygens (including phenoxy) is 1. The minimum atomic E-state index is -0.439. The zero-order valence-corrected chi connectivity index (χ0v) is 17.6. The largest absolute Gasteiger partial charge is 0.452 e. The van der Waals surface area contributed by atoms with Crippen molar-refractivity contribution in [2.45, 2.75) is 65.2 Å². The van der Waals surface area contributed by atoms with Gasteiger partial charge in [-0.3, -0.25) is 9.78 Å². The fourth-order valence-electron chi connectivity index (χ4n) is 4.26. The molecule has 1 aromatic heterocycles. The predicted molar refractivity (Wildman–Crippen MR) is 115 cm³/mol. The van der Waals surface area contributed by atoms with E-state index in [0.717, 1.165) is 35.0 Å². The number of nitrogens with zero attached hydrogens (tertiary/aromatic N) is 1. The van der Waals surface area contributed by atoms with Crippen LogP contribution in [0.25, 0.3) is 10.9 Å². The molecule has 1 fully saturated rings. The van der Waals surface area contributed by atoms with Gasteiger partial charge in [-0.15, -0.1) is 0 Å². The summed E-state index contributed by atoms with van der Waals surface area (Å²) < 4.78 is 5.43. The van der Waals surface area contributed by atoms with Crippen LogP contribution in [-0.4, -0.2) is 30.0 Å². The van der Waals surface area contributed by atoms with Crippen LogP contribution >= 0.6 is 0 Å². The fraction of sp³-hybridized carbons (Fsp3) is 0.542. The number of hydrogen-bond donors (Lipinski definition) is 1. The van der Waals surface area contributed by atoms with Crippen molar-refractivity contribution >= 4 is 22.8 Å². The molecule has 156 valence electrons. The minimum Gasteiger partial charge on any atom is -0.452 e. The van der Waals surface area contributed by atoms with Gasteiger partial charge in [-0.05, 0) is 43.2 Å². The third-order valence-electron chi connectivity index (χ3n) is 5.77. The van der Waals surface area contributed by atoms with E-state index in [1.165, 1.54) is 32.1 Å². The number of esters is 1.